The molecule has 0 spiro atoms. The molecule has 0 radical (unpaired) electrons. The molecule has 2 unspecified atom stereocenters. The van der Waals surface area contributed by atoms with Gasteiger partial charge in [-0.25, -0.2) is 0 Å². The number of hydrogen-bond acceptors (Lipinski definition) is 5. The highest BCUT2D eigenvalue weighted by atomic mass is 16.5. The van der Waals surface area contributed by atoms with Gasteiger partial charge in [0, 0.05) is 12.8 Å². The van der Waals surface area contributed by atoms with Crippen molar-refractivity contribution in [2.24, 2.45) is 0 Å². The molecule has 0 rings (SSSR count). The van der Waals surface area contributed by atoms with E-state index in [2.05, 4.69) is 43.5 Å². The molecule has 1 amide bonds. The fourth-order valence-corrected chi connectivity index (χ4v) is 8.28. The van der Waals surface area contributed by atoms with Crippen molar-refractivity contribution in [2.45, 2.75) is 302 Å². The van der Waals surface area contributed by atoms with Crippen molar-refractivity contribution in [2.75, 3.05) is 13.2 Å². The van der Waals surface area contributed by atoms with Gasteiger partial charge in [0.05, 0.1) is 25.4 Å². The standard InChI is InChI=1S/C55H105NO5/c1-3-5-7-9-11-13-15-17-19-20-21-23-25-29-33-37-41-45-49-55(60)61-50-46-42-38-34-30-26-28-32-36-40-44-48-54(59)56-52(51-57)53(58)47-43-39-35-31-27-24-22-18-16-14-12-10-8-6-4-2/h19-20,30,34,52-53,57-58H,3-18,21-29,31-33,35-51H2,1-2H3,(H,56,59)/b20-19-,34-30-. The average Bonchev–Trinajstić information content (AvgIpc) is 3.26. The highest BCUT2D eigenvalue weighted by Gasteiger charge is 2.20. The minimum atomic E-state index is -0.682. The number of unbranched alkanes of at least 4 members (excludes halogenated alkanes) is 35. The zero-order chi connectivity index (χ0) is 44.4. The Morgan fingerprint density at radius 1 is 0.443 bits per heavy atom. The van der Waals surface area contributed by atoms with Crippen LogP contribution >= 0.6 is 0 Å². The van der Waals surface area contributed by atoms with Crippen LogP contribution in [-0.2, 0) is 14.3 Å². The Hall–Kier alpha value is -1.66. The summed E-state index contributed by atoms with van der Waals surface area (Å²) in [6.45, 7) is 4.88. The number of aliphatic hydroxyl groups excluding tert-OH is 2. The van der Waals surface area contributed by atoms with Gasteiger partial charge in [0.1, 0.15) is 0 Å². The predicted molar refractivity (Wildman–Crippen MR) is 264 cm³/mol. The van der Waals surface area contributed by atoms with Crippen LogP contribution in [0, 0.1) is 0 Å². The van der Waals surface area contributed by atoms with Crippen LogP contribution in [0.3, 0.4) is 0 Å². The van der Waals surface area contributed by atoms with E-state index in [0.717, 1.165) is 83.5 Å². The maximum atomic E-state index is 12.4. The van der Waals surface area contributed by atoms with Crippen LogP contribution in [-0.4, -0.2) is 47.4 Å². The third-order valence-corrected chi connectivity index (χ3v) is 12.5. The molecule has 0 aliphatic carbocycles. The van der Waals surface area contributed by atoms with E-state index in [4.69, 9.17) is 4.74 Å². The second kappa shape index (κ2) is 51.0. The second-order valence-corrected chi connectivity index (χ2v) is 18.6. The molecule has 0 fully saturated rings. The first-order chi connectivity index (χ1) is 30.0. The van der Waals surface area contributed by atoms with Crippen molar-refractivity contribution in [1.82, 2.24) is 5.32 Å². The number of ether oxygens (including phenoxy) is 1. The topological polar surface area (TPSA) is 95.9 Å². The monoisotopic (exact) mass is 860 g/mol. The van der Waals surface area contributed by atoms with Crippen molar-refractivity contribution < 1.29 is 24.5 Å². The summed E-state index contributed by atoms with van der Waals surface area (Å²) in [4.78, 5) is 24.5. The molecule has 0 aromatic carbocycles. The molecule has 0 bridgehead atoms. The number of carbonyl (C=O) groups is 2. The molecule has 0 aliphatic rings. The van der Waals surface area contributed by atoms with Gasteiger partial charge in [-0.1, -0.05) is 224 Å². The van der Waals surface area contributed by atoms with Gasteiger partial charge in [0.25, 0.3) is 0 Å². The molecule has 6 nitrogen and oxygen atoms in total. The van der Waals surface area contributed by atoms with Crippen LogP contribution in [0.2, 0.25) is 0 Å². The van der Waals surface area contributed by atoms with Crippen molar-refractivity contribution in [1.29, 1.82) is 0 Å². The lowest BCUT2D eigenvalue weighted by molar-refractivity contribution is -0.143. The van der Waals surface area contributed by atoms with E-state index in [0.29, 0.717) is 25.9 Å². The molecule has 2 atom stereocenters. The summed E-state index contributed by atoms with van der Waals surface area (Å²) in [5, 5.41) is 23.2. The van der Waals surface area contributed by atoms with Gasteiger partial charge in [-0.2, -0.15) is 0 Å². The Labute approximate surface area is 380 Å². The van der Waals surface area contributed by atoms with Crippen molar-refractivity contribution >= 4 is 11.9 Å². The van der Waals surface area contributed by atoms with Crippen LogP contribution in [0.15, 0.2) is 24.3 Å². The Bertz CT molecular complexity index is 951. The largest absolute Gasteiger partial charge is 0.466 e. The SMILES string of the molecule is CCCCCCCCC/C=C\CCCCCCCCCC(=O)OCCCC/C=C\CCCCCCCC(=O)NC(CO)C(O)CCCCCCCCCCCCCCCCC. The van der Waals surface area contributed by atoms with E-state index in [-0.39, 0.29) is 18.5 Å². The van der Waals surface area contributed by atoms with Crippen LogP contribution in [0.5, 0.6) is 0 Å². The molecule has 0 aliphatic heterocycles. The maximum absolute atomic E-state index is 12.4. The molecule has 0 aromatic heterocycles. The quantitative estimate of drug-likeness (QED) is 0.0322. The molecular weight excluding hydrogens is 755 g/mol. The highest BCUT2D eigenvalue weighted by molar-refractivity contribution is 5.76. The fraction of sp³-hybridized carbons (Fsp3) is 0.891. The van der Waals surface area contributed by atoms with Gasteiger partial charge < -0.3 is 20.3 Å². The van der Waals surface area contributed by atoms with E-state index in [1.54, 1.807) is 0 Å². The summed E-state index contributed by atoms with van der Waals surface area (Å²) >= 11 is 0. The first-order valence-corrected chi connectivity index (χ1v) is 27.1. The van der Waals surface area contributed by atoms with Gasteiger partial charge in [-0.15, -0.1) is 0 Å². The third kappa shape index (κ3) is 47.7. The van der Waals surface area contributed by atoms with Crippen LogP contribution in [0.1, 0.15) is 290 Å². The Kier molecular flexibility index (Phi) is 49.6. The lowest BCUT2D eigenvalue weighted by Gasteiger charge is -2.22. The summed E-state index contributed by atoms with van der Waals surface area (Å²) in [5.74, 6) is -0.0974. The normalized spacial score (nSPS) is 12.8. The Morgan fingerprint density at radius 2 is 0.770 bits per heavy atom. The smallest absolute Gasteiger partial charge is 0.305 e. The van der Waals surface area contributed by atoms with E-state index < -0.39 is 12.1 Å². The lowest BCUT2D eigenvalue weighted by atomic mass is 10.0. The minimum Gasteiger partial charge on any atom is -0.466 e. The number of hydrogen-bond donors (Lipinski definition) is 3. The van der Waals surface area contributed by atoms with Crippen LogP contribution in [0.25, 0.3) is 0 Å². The lowest BCUT2D eigenvalue weighted by Crippen LogP contribution is -2.45. The zero-order valence-electron chi connectivity index (χ0n) is 40.9. The summed E-state index contributed by atoms with van der Waals surface area (Å²) < 4.78 is 5.45. The number of carbonyl (C=O) groups excluding carboxylic acids is 2. The molecular formula is C55H105NO5. The highest BCUT2D eigenvalue weighted by Crippen LogP contribution is 2.16. The molecule has 3 N–H and O–H groups in total. The minimum absolute atomic E-state index is 0.0339. The van der Waals surface area contributed by atoms with Crippen LogP contribution < -0.4 is 5.32 Å². The maximum Gasteiger partial charge on any atom is 0.305 e. The first-order valence-electron chi connectivity index (χ1n) is 27.1. The predicted octanol–water partition coefficient (Wildman–Crippen LogP) is 16.3. The van der Waals surface area contributed by atoms with Gasteiger partial charge >= 0.3 is 5.97 Å². The van der Waals surface area contributed by atoms with E-state index >= 15 is 0 Å². The van der Waals surface area contributed by atoms with Gasteiger partial charge in [0.2, 0.25) is 5.91 Å². The molecule has 61 heavy (non-hydrogen) atoms. The second-order valence-electron chi connectivity index (χ2n) is 18.6. The number of nitrogens with one attached hydrogen (secondary N) is 1. The zero-order valence-corrected chi connectivity index (χ0v) is 40.9. The van der Waals surface area contributed by atoms with Crippen LogP contribution in [0.4, 0.5) is 0 Å². The van der Waals surface area contributed by atoms with Crippen molar-refractivity contribution in [3.63, 3.8) is 0 Å². The Morgan fingerprint density at radius 3 is 1.16 bits per heavy atom. The third-order valence-electron chi connectivity index (χ3n) is 12.5. The fourth-order valence-electron chi connectivity index (χ4n) is 8.28. The summed E-state index contributed by atoms with van der Waals surface area (Å²) in [6.07, 6.45) is 60.1. The molecule has 0 saturated heterocycles. The number of amides is 1. The molecule has 6 heteroatoms. The molecule has 0 aromatic rings. The van der Waals surface area contributed by atoms with E-state index in [9.17, 15) is 19.8 Å². The number of allylic oxidation sites excluding steroid dienone is 4. The van der Waals surface area contributed by atoms with E-state index in [1.807, 2.05) is 0 Å². The number of rotatable bonds is 50. The molecule has 360 valence electrons. The van der Waals surface area contributed by atoms with Crippen molar-refractivity contribution in [3.8, 4) is 0 Å². The summed E-state index contributed by atoms with van der Waals surface area (Å²) in [6, 6.07) is -0.562. The summed E-state index contributed by atoms with van der Waals surface area (Å²) in [5.41, 5.74) is 0. The van der Waals surface area contributed by atoms with Gasteiger partial charge in [0.15, 0.2) is 0 Å². The molecule has 0 heterocycles. The number of aliphatic hydroxyl groups is 2. The van der Waals surface area contributed by atoms with Gasteiger partial charge in [-0.05, 0) is 77.0 Å². The number of esters is 1. The van der Waals surface area contributed by atoms with Crippen molar-refractivity contribution in [3.05, 3.63) is 24.3 Å². The first kappa shape index (κ1) is 59.3. The van der Waals surface area contributed by atoms with Gasteiger partial charge in [-0.3, -0.25) is 9.59 Å². The average molecular weight is 860 g/mol. The summed E-state index contributed by atoms with van der Waals surface area (Å²) in [7, 11) is 0. The molecule has 0 saturated carbocycles. The van der Waals surface area contributed by atoms with E-state index in [1.165, 1.54) is 173 Å². The Balaban J connectivity index is 3.50.